The van der Waals surface area contributed by atoms with Crippen LogP contribution in [0.2, 0.25) is 0 Å². The van der Waals surface area contributed by atoms with Crippen molar-refractivity contribution in [3.05, 3.63) is 0 Å². The van der Waals surface area contributed by atoms with Gasteiger partial charge in [0, 0.05) is 18.6 Å². The maximum atomic E-state index is 6.21. The molecule has 2 saturated heterocycles. The van der Waals surface area contributed by atoms with E-state index < -0.39 is 0 Å². The van der Waals surface area contributed by atoms with Gasteiger partial charge in [-0.2, -0.15) is 0 Å². The second kappa shape index (κ2) is 6.36. The lowest BCUT2D eigenvalue weighted by Crippen LogP contribution is -2.57. The Labute approximate surface area is 113 Å². The molecular formula is C15H31N3. The Balaban J connectivity index is 2.05. The van der Waals surface area contributed by atoms with Gasteiger partial charge in [0.05, 0.1) is 0 Å². The third kappa shape index (κ3) is 3.06. The monoisotopic (exact) mass is 253 g/mol. The molecule has 106 valence electrons. The highest BCUT2D eigenvalue weighted by atomic mass is 15.2. The SMILES string of the molecule is CCC1CCCN(C2(CN)CCCN(C)CC2)C1. The molecule has 0 radical (unpaired) electrons. The molecule has 2 aliphatic heterocycles. The Morgan fingerprint density at radius 1 is 1.17 bits per heavy atom. The quantitative estimate of drug-likeness (QED) is 0.834. The van der Waals surface area contributed by atoms with Crippen LogP contribution in [0.25, 0.3) is 0 Å². The van der Waals surface area contributed by atoms with E-state index in [0.29, 0.717) is 5.54 Å². The van der Waals surface area contributed by atoms with Crippen LogP contribution in [-0.4, -0.2) is 55.1 Å². The fourth-order valence-corrected chi connectivity index (χ4v) is 3.79. The number of likely N-dealkylation sites (tertiary alicyclic amines) is 2. The standard InChI is InChI=1S/C15H31N3/c1-3-14-6-4-10-18(12-14)15(13-16)7-5-9-17(2)11-8-15/h14H,3-13,16H2,1-2H3. The van der Waals surface area contributed by atoms with Crippen LogP contribution < -0.4 is 5.73 Å². The first kappa shape index (κ1) is 14.3. The summed E-state index contributed by atoms with van der Waals surface area (Å²) >= 11 is 0. The molecule has 0 aromatic carbocycles. The van der Waals surface area contributed by atoms with Gasteiger partial charge in [-0.05, 0) is 64.7 Å². The van der Waals surface area contributed by atoms with E-state index in [0.717, 1.165) is 12.5 Å². The number of nitrogens with zero attached hydrogens (tertiary/aromatic N) is 2. The van der Waals surface area contributed by atoms with Crippen LogP contribution in [0.5, 0.6) is 0 Å². The highest BCUT2D eigenvalue weighted by Crippen LogP contribution is 2.32. The predicted octanol–water partition coefficient (Wildman–Crippen LogP) is 1.92. The van der Waals surface area contributed by atoms with Crippen molar-refractivity contribution in [1.82, 2.24) is 9.80 Å². The maximum Gasteiger partial charge on any atom is 0.0344 e. The molecule has 0 aromatic heterocycles. The van der Waals surface area contributed by atoms with Gasteiger partial charge in [0.1, 0.15) is 0 Å². The minimum Gasteiger partial charge on any atom is -0.329 e. The summed E-state index contributed by atoms with van der Waals surface area (Å²) in [4.78, 5) is 5.22. The Morgan fingerprint density at radius 2 is 2.00 bits per heavy atom. The lowest BCUT2D eigenvalue weighted by Gasteiger charge is -2.47. The van der Waals surface area contributed by atoms with E-state index in [1.165, 1.54) is 64.7 Å². The third-order valence-electron chi connectivity index (χ3n) is 5.29. The summed E-state index contributed by atoms with van der Waals surface area (Å²) in [5.74, 6) is 0.906. The molecule has 18 heavy (non-hydrogen) atoms. The Bertz CT molecular complexity index is 256. The van der Waals surface area contributed by atoms with Crippen molar-refractivity contribution in [3.63, 3.8) is 0 Å². The second-order valence-electron chi connectivity index (χ2n) is 6.45. The van der Waals surface area contributed by atoms with Crippen LogP contribution in [0.4, 0.5) is 0 Å². The topological polar surface area (TPSA) is 32.5 Å². The van der Waals surface area contributed by atoms with Gasteiger partial charge in [-0.25, -0.2) is 0 Å². The fraction of sp³-hybridized carbons (Fsp3) is 1.00. The van der Waals surface area contributed by atoms with Gasteiger partial charge >= 0.3 is 0 Å². The van der Waals surface area contributed by atoms with Crippen molar-refractivity contribution in [3.8, 4) is 0 Å². The molecule has 0 aliphatic carbocycles. The Hall–Kier alpha value is -0.120. The van der Waals surface area contributed by atoms with Crippen LogP contribution in [0.3, 0.4) is 0 Å². The van der Waals surface area contributed by atoms with E-state index in [4.69, 9.17) is 5.73 Å². The first-order chi connectivity index (χ1) is 8.70. The van der Waals surface area contributed by atoms with Gasteiger partial charge in [-0.15, -0.1) is 0 Å². The number of nitrogens with two attached hydrogens (primary N) is 1. The molecule has 2 aliphatic rings. The molecule has 2 rings (SSSR count). The van der Waals surface area contributed by atoms with E-state index >= 15 is 0 Å². The van der Waals surface area contributed by atoms with E-state index in [9.17, 15) is 0 Å². The average molecular weight is 253 g/mol. The molecule has 2 heterocycles. The van der Waals surface area contributed by atoms with Gasteiger partial charge in [0.15, 0.2) is 0 Å². The first-order valence-corrected chi connectivity index (χ1v) is 7.84. The minimum atomic E-state index is 0.304. The second-order valence-corrected chi connectivity index (χ2v) is 6.45. The van der Waals surface area contributed by atoms with Gasteiger partial charge in [-0.3, -0.25) is 4.90 Å². The minimum absolute atomic E-state index is 0.304. The molecule has 2 atom stereocenters. The van der Waals surface area contributed by atoms with Crippen LogP contribution in [0.1, 0.15) is 45.4 Å². The summed E-state index contributed by atoms with van der Waals surface area (Å²) < 4.78 is 0. The van der Waals surface area contributed by atoms with Crippen LogP contribution in [-0.2, 0) is 0 Å². The van der Waals surface area contributed by atoms with Gasteiger partial charge in [-0.1, -0.05) is 13.3 Å². The highest BCUT2D eigenvalue weighted by molar-refractivity contribution is 4.96. The van der Waals surface area contributed by atoms with Gasteiger partial charge in [0.25, 0.3) is 0 Å². The Kier molecular flexibility index (Phi) is 5.05. The Morgan fingerprint density at radius 3 is 2.72 bits per heavy atom. The number of hydrogen-bond donors (Lipinski definition) is 1. The zero-order valence-corrected chi connectivity index (χ0v) is 12.3. The van der Waals surface area contributed by atoms with Crippen molar-refractivity contribution in [2.75, 3.05) is 39.8 Å². The van der Waals surface area contributed by atoms with Gasteiger partial charge in [0.2, 0.25) is 0 Å². The zero-order valence-electron chi connectivity index (χ0n) is 12.3. The van der Waals surface area contributed by atoms with E-state index in [2.05, 4.69) is 23.8 Å². The molecule has 2 fully saturated rings. The molecule has 3 heteroatoms. The lowest BCUT2D eigenvalue weighted by atomic mass is 9.84. The number of piperidine rings is 1. The highest BCUT2D eigenvalue weighted by Gasteiger charge is 2.38. The van der Waals surface area contributed by atoms with Crippen molar-refractivity contribution in [1.29, 1.82) is 0 Å². The van der Waals surface area contributed by atoms with E-state index in [1.807, 2.05) is 0 Å². The third-order valence-corrected chi connectivity index (χ3v) is 5.29. The summed E-state index contributed by atoms with van der Waals surface area (Å²) in [6, 6.07) is 0. The molecule has 0 bridgehead atoms. The maximum absolute atomic E-state index is 6.21. The van der Waals surface area contributed by atoms with Crippen LogP contribution in [0, 0.1) is 5.92 Å². The molecule has 3 nitrogen and oxygen atoms in total. The molecule has 0 spiro atoms. The fourth-order valence-electron chi connectivity index (χ4n) is 3.79. The van der Waals surface area contributed by atoms with Crippen molar-refractivity contribution >= 4 is 0 Å². The van der Waals surface area contributed by atoms with E-state index in [1.54, 1.807) is 0 Å². The van der Waals surface area contributed by atoms with Crippen LogP contribution in [0.15, 0.2) is 0 Å². The summed E-state index contributed by atoms with van der Waals surface area (Å²) in [6.45, 7) is 8.20. The average Bonchev–Trinajstić information content (AvgIpc) is 2.61. The normalized spacial score (nSPS) is 36.5. The lowest BCUT2D eigenvalue weighted by molar-refractivity contribution is 0.0356. The first-order valence-electron chi connectivity index (χ1n) is 7.84. The largest absolute Gasteiger partial charge is 0.329 e. The van der Waals surface area contributed by atoms with Crippen molar-refractivity contribution in [2.45, 2.75) is 51.0 Å². The number of hydrogen-bond acceptors (Lipinski definition) is 3. The molecule has 2 N–H and O–H groups in total. The molecule has 0 aromatic rings. The zero-order chi connectivity index (χ0) is 13.0. The van der Waals surface area contributed by atoms with Crippen molar-refractivity contribution < 1.29 is 0 Å². The van der Waals surface area contributed by atoms with Crippen molar-refractivity contribution in [2.24, 2.45) is 11.7 Å². The van der Waals surface area contributed by atoms with Gasteiger partial charge < -0.3 is 10.6 Å². The molecule has 2 unspecified atom stereocenters. The summed E-state index contributed by atoms with van der Waals surface area (Å²) in [5, 5.41) is 0. The summed E-state index contributed by atoms with van der Waals surface area (Å²) in [6.07, 6.45) is 7.99. The summed E-state index contributed by atoms with van der Waals surface area (Å²) in [7, 11) is 2.25. The smallest absolute Gasteiger partial charge is 0.0344 e. The van der Waals surface area contributed by atoms with Crippen LogP contribution >= 0.6 is 0 Å². The molecular weight excluding hydrogens is 222 g/mol. The van der Waals surface area contributed by atoms with E-state index in [-0.39, 0.29) is 0 Å². The number of rotatable bonds is 3. The molecule has 0 amide bonds. The molecule has 0 saturated carbocycles. The summed E-state index contributed by atoms with van der Waals surface area (Å²) in [5.41, 5.74) is 6.51. The predicted molar refractivity (Wildman–Crippen MR) is 77.7 cm³/mol.